The molecule has 2 aromatic carbocycles. The number of benzene rings is 2. The van der Waals surface area contributed by atoms with E-state index in [-0.39, 0.29) is 6.10 Å². The molecule has 0 aliphatic heterocycles. The number of hydrogen-bond acceptors (Lipinski definition) is 1. The Hall–Kier alpha value is -1.64. The van der Waals surface area contributed by atoms with Gasteiger partial charge in [-0.1, -0.05) is 87.5 Å². The molecule has 0 aromatic heterocycles. The minimum atomic E-state index is -1.68. The summed E-state index contributed by atoms with van der Waals surface area (Å²) >= 11 is 0. The van der Waals surface area contributed by atoms with Gasteiger partial charge in [0.15, 0.2) is 8.32 Å². The lowest BCUT2D eigenvalue weighted by atomic mass is 10.0. The molecule has 1 atom stereocenters. The van der Waals surface area contributed by atoms with Crippen LogP contribution in [0.15, 0.2) is 66.2 Å². The zero-order valence-electron chi connectivity index (χ0n) is 15.5. The second-order valence-corrected chi connectivity index (χ2v) is 11.2. The molecule has 1 unspecified atom stereocenters. The summed E-state index contributed by atoms with van der Waals surface area (Å²) in [4.78, 5) is 0. The van der Waals surface area contributed by atoms with Crippen molar-refractivity contribution in [1.29, 1.82) is 0 Å². The largest absolute Gasteiger partial charge is 0.406 e. The molecule has 1 nitrogen and oxygen atoms in total. The minimum Gasteiger partial charge on any atom is -0.406 e. The highest BCUT2D eigenvalue weighted by Gasteiger charge is 2.33. The molecule has 24 heavy (non-hydrogen) atoms. The average Bonchev–Trinajstić information content (AvgIpc) is 2.65. The molecule has 0 aliphatic carbocycles. The molecule has 0 spiro atoms. The number of rotatable bonds is 8. The van der Waals surface area contributed by atoms with Gasteiger partial charge in [0.25, 0.3) is 0 Å². The van der Waals surface area contributed by atoms with Gasteiger partial charge in [-0.3, -0.25) is 0 Å². The van der Waals surface area contributed by atoms with Gasteiger partial charge in [-0.05, 0) is 41.8 Å². The summed E-state index contributed by atoms with van der Waals surface area (Å²) < 4.78 is 6.88. The first-order valence-corrected chi connectivity index (χ1v) is 11.6. The molecule has 2 aromatic rings. The Morgan fingerprint density at radius 2 is 1.38 bits per heavy atom. The molecule has 0 N–H and O–H groups in total. The van der Waals surface area contributed by atoms with Gasteiger partial charge in [0, 0.05) is 0 Å². The Morgan fingerprint density at radius 1 is 0.875 bits per heavy atom. The Morgan fingerprint density at radius 3 is 1.88 bits per heavy atom. The molecule has 0 saturated carbocycles. The molecule has 0 bridgehead atoms. The Bertz CT molecular complexity index is 621. The quantitative estimate of drug-likeness (QED) is 0.478. The summed E-state index contributed by atoms with van der Waals surface area (Å²) in [6.07, 6.45) is 2.32. The van der Waals surface area contributed by atoms with Crippen LogP contribution in [0.25, 0.3) is 6.08 Å². The van der Waals surface area contributed by atoms with Crippen molar-refractivity contribution in [3.8, 4) is 0 Å². The van der Waals surface area contributed by atoms with E-state index in [1.54, 1.807) is 0 Å². The SMILES string of the molecule is CC[Si](CC)(CC)OC(/C(C)=C/c1ccccc1)c1ccccc1. The van der Waals surface area contributed by atoms with Crippen LogP contribution in [0, 0.1) is 0 Å². The van der Waals surface area contributed by atoms with E-state index in [1.807, 2.05) is 0 Å². The Kier molecular flexibility index (Phi) is 7.01. The van der Waals surface area contributed by atoms with Gasteiger partial charge < -0.3 is 4.43 Å². The van der Waals surface area contributed by atoms with Crippen LogP contribution in [0.3, 0.4) is 0 Å². The van der Waals surface area contributed by atoms with Crippen molar-refractivity contribution in [3.63, 3.8) is 0 Å². The maximum atomic E-state index is 6.88. The smallest absolute Gasteiger partial charge is 0.193 e. The van der Waals surface area contributed by atoms with Crippen LogP contribution in [0.5, 0.6) is 0 Å². The van der Waals surface area contributed by atoms with E-state index in [4.69, 9.17) is 4.43 Å². The van der Waals surface area contributed by atoms with Gasteiger partial charge in [-0.25, -0.2) is 0 Å². The molecule has 0 heterocycles. The van der Waals surface area contributed by atoms with Crippen LogP contribution in [0.4, 0.5) is 0 Å². The van der Waals surface area contributed by atoms with Crippen molar-refractivity contribution in [3.05, 3.63) is 77.4 Å². The van der Waals surface area contributed by atoms with E-state index < -0.39 is 8.32 Å². The average molecular weight is 339 g/mol. The summed E-state index contributed by atoms with van der Waals surface area (Å²) in [5, 5.41) is 0. The normalized spacial score (nSPS) is 13.8. The van der Waals surface area contributed by atoms with E-state index in [9.17, 15) is 0 Å². The van der Waals surface area contributed by atoms with Crippen molar-refractivity contribution in [2.75, 3.05) is 0 Å². The van der Waals surface area contributed by atoms with Crippen LogP contribution >= 0.6 is 0 Å². The van der Waals surface area contributed by atoms with Crippen LogP contribution in [-0.4, -0.2) is 8.32 Å². The molecule has 0 amide bonds. The van der Waals surface area contributed by atoms with E-state index in [0.29, 0.717) is 0 Å². The maximum absolute atomic E-state index is 6.88. The van der Waals surface area contributed by atoms with E-state index in [0.717, 1.165) is 0 Å². The molecule has 128 valence electrons. The molecule has 0 saturated heterocycles. The van der Waals surface area contributed by atoms with Gasteiger partial charge in [0.2, 0.25) is 0 Å². The van der Waals surface area contributed by atoms with E-state index in [2.05, 4.69) is 94.4 Å². The topological polar surface area (TPSA) is 9.23 Å². The summed E-state index contributed by atoms with van der Waals surface area (Å²) in [5.41, 5.74) is 3.77. The van der Waals surface area contributed by atoms with Gasteiger partial charge in [-0.15, -0.1) is 0 Å². The monoisotopic (exact) mass is 338 g/mol. The van der Waals surface area contributed by atoms with Gasteiger partial charge >= 0.3 is 0 Å². The summed E-state index contributed by atoms with van der Waals surface area (Å²) in [6.45, 7) is 9.07. The highest BCUT2D eigenvalue weighted by Crippen LogP contribution is 2.34. The van der Waals surface area contributed by atoms with Gasteiger partial charge in [-0.2, -0.15) is 0 Å². The van der Waals surface area contributed by atoms with Gasteiger partial charge in [0.1, 0.15) is 0 Å². The summed E-state index contributed by atoms with van der Waals surface area (Å²) in [5.74, 6) is 0. The molecular weight excluding hydrogens is 308 g/mol. The van der Waals surface area contributed by atoms with E-state index >= 15 is 0 Å². The molecule has 0 aliphatic rings. The third kappa shape index (κ3) is 4.68. The van der Waals surface area contributed by atoms with E-state index in [1.165, 1.54) is 34.8 Å². The van der Waals surface area contributed by atoms with Crippen molar-refractivity contribution < 1.29 is 4.43 Å². The standard InChI is InChI=1S/C22H30OSi/c1-5-24(6-2,7-3)23-22(21-16-12-9-13-17-21)19(4)18-20-14-10-8-11-15-20/h8-18,22H,5-7H2,1-4H3/b19-18+. The first kappa shape index (κ1) is 18.7. The Labute approximate surface area is 148 Å². The summed E-state index contributed by atoms with van der Waals surface area (Å²) in [7, 11) is -1.68. The zero-order valence-corrected chi connectivity index (χ0v) is 16.5. The molecule has 2 heteroatoms. The third-order valence-electron chi connectivity index (χ3n) is 5.01. The lowest BCUT2D eigenvalue weighted by Gasteiger charge is -2.34. The van der Waals surface area contributed by atoms with Crippen LogP contribution < -0.4 is 0 Å². The second-order valence-electron chi connectivity index (χ2n) is 6.45. The predicted octanol–water partition coefficient (Wildman–Crippen LogP) is 6.85. The first-order chi connectivity index (χ1) is 11.6. The molecule has 0 radical (unpaired) electrons. The minimum absolute atomic E-state index is 0.0536. The molecule has 2 rings (SSSR count). The fourth-order valence-corrected chi connectivity index (χ4v) is 6.01. The third-order valence-corrected chi connectivity index (χ3v) is 9.61. The van der Waals surface area contributed by atoms with Crippen molar-refractivity contribution >= 4 is 14.4 Å². The predicted molar refractivity (Wildman–Crippen MR) is 108 cm³/mol. The fraction of sp³-hybridized carbons (Fsp3) is 0.364. The van der Waals surface area contributed by atoms with Crippen molar-refractivity contribution in [2.45, 2.75) is 51.9 Å². The van der Waals surface area contributed by atoms with Gasteiger partial charge in [0.05, 0.1) is 6.10 Å². The summed E-state index contributed by atoms with van der Waals surface area (Å²) in [6, 6.07) is 24.7. The first-order valence-electron chi connectivity index (χ1n) is 9.10. The molecular formula is C22H30OSi. The molecule has 0 fully saturated rings. The van der Waals surface area contributed by atoms with Crippen molar-refractivity contribution in [2.24, 2.45) is 0 Å². The lowest BCUT2D eigenvalue weighted by molar-refractivity contribution is 0.227. The fourth-order valence-electron chi connectivity index (χ4n) is 3.19. The van der Waals surface area contributed by atoms with Crippen molar-refractivity contribution in [1.82, 2.24) is 0 Å². The lowest BCUT2D eigenvalue weighted by Crippen LogP contribution is -2.37. The maximum Gasteiger partial charge on any atom is 0.193 e. The zero-order chi connectivity index (χ0) is 17.4. The van der Waals surface area contributed by atoms with Crippen LogP contribution in [0.1, 0.15) is 44.9 Å². The highest BCUT2D eigenvalue weighted by atomic mass is 28.4. The highest BCUT2D eigenvalue weighted by molar-refractivity contribution is 6.73. The van der Waals surface area contributed by atoms with Crippen LogP contribution in [-0.2, 0) is 4.43 Å². The van der Waals surface area contributed by atoms with Crippen LogP contribution in [0.2, 0.25) is 18.1 Å². The number of hydrogen-bond donors (Lipinski definition) is 0. The Balaban J connectivity index is 2.38. The second kappa shape index (κ2) is 9.00.